The van der Waals surface area contributed by atoms with Crippen molar-refractivity contribution in [2.24, 2.45) is 0 Å². The predicted molar refractivity (Wildman–Crippen MR) is 128 cm³/mol. The van der Waals surface area contributed by atoms with E-state index in [1.54, 1.807) is 26.0 Å². The van der Waals surface area contributed by atoms with E-state index in [4.69, 9.17) is 14.2 Å². The molecule has 3 aromatic carbocycles. The Morgan fingerprint density at radius 2 is 1.58 bits per heavy atom. The van der Waals surface area contributed by atoms with Gasteiger partial charge in [-0.3, -0.25) is 4.99 Å². The topological polar surface area (TPSA) is 53.7 Å². The van der Waals surface area contributed by atoms with Crippen LogP contribution in [-0.2, 0) is 12.3 Å². The van der Waals surface area contributed by atoms with Crippen LogP contribution in [0.5, 0.6) is 17.2 Å². The van der Waals surface area contributed by atoms with Gasteiger partial charge in [-0.05, 0) is 54.1 Å². The third-order valence-electron chi connectivity index (χ3n) is 4.56. The van der Waals surface area contributed by atoms with Crippen molar-refractivity contribution in [3.63, 3.8) is 0 Å². The van der Waals surface area contributed by atoms with Gasteiger partial charge >= 0.3 is 5.17 Å². The molecule has 0 aliphatic carbocycles. The van der Waals surface area contributed by atoms with Crippen molar-refractivity contribution >= 4 is 22.6 Å². The highest BCUT2D eigenvalue weighted by molar-refractivity contribution is 8.13. The Hall–Kier alpha value is -3.12. The number of para-hydroxylation sites is 2. The monoisotopic (exact) mass is 437 g/mol. The Morgan fingerprint density at radius 3 is 2.32 bits per heavy atom. The maximum absolute atomic E-state index is 5.78. The highest BCUT2D eigenvalue weighted by Gasteiger charge is 2.14. The van der Waals surface area contributed by atoms with Crippen LogP contribution < -0.4 is 24.5 Å². The molecular formula is C25H29N2O3S+. The van der Waals surface area contributed by atoms with Crippen LogP contribution in [0.15, 0.2) is 72.8 Å². The number of amidine groups is 1. The second-order valence-electron chi connectivity index (χ2n) is 6.70. The predicted octanol–water partition coefficient (Wildman–Crippen LogP) is 4.08. The molecule has 0 amide bonds. The quantitative estimate of drug-likeness (QED) is 0.390. The maximum atomic E-state index is 5.78. The molecule has 0 radical (unpaired) electrons. The van der Waals surface area contributed by atoms with Gasteiger partial charge < -0.3 is 14.2 Å². The van der Waals surface area contributed by atoms with Gasteiger partial charge in [-0.25, -0.2) is 5.32 Å². The lowest BCUT2D eigenvalue weighted by atomic mass is 10.2. The number of thioether (sulfide) groups is 1. The molecule has 0 unspecified atom stereocenters. The van der Waals surface area contributed by atoms with Gasteiger partial charge in [0, 0.05) is 5.75 Å². The summed E-state index contributed by atoms with van der Waals surface area (Å²) in [6, 6.07) is 24.3. The van der Waals surface area contributed by atoms with E-state index in [9.17, 15) is 0 Å². The third kappa shape index (κ3) is 6.69. The SMILES string of the molecule is CCOc1ccccc1NC(=[NH+]Cc1ccc(OC)c(OC)c1)SCc1ccccc1. The lowest BCUT2D eigenvalue weighted by molar-refractivity contribution is -0.472. The first-order valence-corrected chi connectivity index (χ1v) is 11.2. The van der Waals surface area contributed by atoms with Gasteiger partial charge in [0.05, 0.1) is 20.8 Å². The Morgan fingerprint density at radius 1 is 0.839 bits per heavy atom. The molecule has 0 aliphatic rings. The molecule has 31 heavy (non-hydrogen) atoms. The van der Waals surface area contributed by atoms with E-state index in [1.807, 2.05) is 55.5 Å². The zero-order valence-corrected chi connectivity index (χ0v) is 19.0. The number of anilines is 1. The molecule has 0 atom stereocenters. The number of methoxy groups -OCH3 is 2. The summed E-state index contributed by atoms with van der Waals surface area (Å²) in [5.41, 5.74) is 3.29. The van der Waals surface area contributed by atoms with Crippen LogP contribution in [0.25, 0.3) is 0 Å². The van der Waals surface area contributed by atoms with E-state index in [1.165, 1.54) is 5.56 Å². The average molecular weight is 438 g/mol. The number of nitrogens with one attached hydrogen (secondary N) is 2. The van der Waals surface area contributed by atoms with Crippen molar-refractivity contribution in [1.82, 2.24) is 0 Å². The summed E-state index contributed by atoms with van der Waals surface area (Å²) in [5, 5.41) is 4.46. The highest BCUT2D eigenvalue weighted by atomic mass is 32.2. The van der Waals surface area contributed by atoms with Crippen molar-refractivity contribution in [2.75, 3.05) is 26.1 Å². The van der Waals surface area contributed by atoms with E-state index in [2.05, 4.69) is 34.6 Å². The van der Waals surface area contributed by atoms with Crippen molar-refractivity contribution in [2.45, 2.75) is 19.2 Å². The Balaban J connectivity index is 1.81. The van der Waals surface area contributed by atoms with Crippen LogP contribution in [0.1, 0.15) is 18.1 Å². The lowest BCUT2D eigenvalue weighted by Gasteiger charge is -2.10. The van der Waals surface area contributed by atoms with E-state index in [-0.39, 0.29) is 0 Å². The smallest absolute Gasteiger partial charge is 0.309 e. The number of benzene rings is 3. The summed E-state index contributed by atoms with van der Waals surface area (Å²) >= 11 is 1.72. The summed E-state index contributed by atoms with van der Waals surface area (Å²) in [5.74, 6) is 3.11. The van der Waals surface area contributed by atoms with Gasteiger partial charge in [0.25, 0.3) is 0 Å². The van der Waals surface area contributed by atoms with Crippen molar-refractivity contribution in [3.8, 4) is 17.2 Å². The molecule has 0 aromatic heterocycles. The molecule has 162 valence electrons. The molecule has 0 saturated carbocycles. The lowest BCUT2D eigenvalue weighted by Crippen LogP contribution is -2.72. The molecule has 0 saturated heterocycles. The minimum absolute atomic E-state index is 0.615. The molecule has 0 spiro atoms. The molecule has 3 aromatic rings. The summed E-state index contributed by atoms with van der Waals surface area (Å²) in [6.45, 7) is 3.24. The molecule has 2 N–H and O–H groups in total. The maximum Gasteiger partial charge on any atom is 0.309 e. The second-order valence-corrected chi connectivity index (χ2v) is 7.69. The van der Waals surface area contributed by atoms with E-state index >= 15 is 0 Å². The molecule has 3 rings (SSSR count). The van der Waals surface area contributed by atoms with Gasteiger partial charge in [-0.15, -0.1) is 0 Å². The van der Waals surface area contributed by atoms with Gasteiger partial charge in [0.2, 0.25) is 0 Å². The van der Waals surface area contributed by atoms with E-state index in [0.29, 0.717) is 13.2 Å². The first-order valence-electron chi connectivity index (χ1n) is 10.2. The zero-order chi connectivity index (χ0) is 21.9. The van der Waals surface area contributed by atoms with Crippen molar-refractivity contribution in [1.29, 1.82) is 0 Å². The Labute approximate surface area is 188 Å². The highest BCUT2D eigenvalue weighted by Crippen LogP contribution is 2.27. The first-order chi connectivity index (χ1) is 15.2. The Kier molecular flexibility index (Phi) is 8.67. The van der Waals surface area contributed by atoms with Crippen LogP contribution in [-0.4, -0.2) is 26.0 Å². The molecule has 5 nitrogen and oxygen atoms in total. The fourth-order valence-electron chi connectivity index (χ4n) is 3.01. The number of ether oxygens (including phenoxy) is 3. The van der Waals surface area contributed by atoms with E-state index < -0.39 is 0 Å². The fourth-order valence-corrected chi connectivity index (χ4v) is 3.87. The summed E-state index contributed by atoms with van der Waals surface area (Å²) in [6.07, 6.45) is 0. The fraction of sp³-hybridized carbons (Fsp3) is 0.240. The van der Waals surface area contributed by atoms with Gasteiger partial charge in [0.1, 0.15) is 6.54 Å². The van der Waals surface area contributed by atoms with Crippen LogP contribution in [0.2, 0.25) is 0 Å². The minimum atomic E-state index is 0.615. The van der Waals surface area contributed by atoms with Gasteiger partial charge in [0.15, 0.2) is 22.9 Å². The zero-order valence-electron chi connectivity index (χ0n) is 18.2. The van der Waals surface area contributed by atoms with E-state index in [0.717, 1.165) is 39.4 Å². The van der Waals surface area contributed by atoms with Gasteiger partial charge in [-0.2, -0.15) is 0 Å². The van der Waals surface area contributed by atoms with Crippen LogP contribution >= 0.6 is 11.8 Å². The van der Waals surface area contributed by atoms with Crippen molar-refractivity contribution in [3.05, 3.63) is 83.9 Å². The van der Waals surface area contributed by atoms with Crippen LogP contribution in [0.3, 0.4) is 0 Å². The Bertz CT molecular complexity index is 993. The number of hydrogen-bond acceptors (Lipinski definition) is 4. The minimum Gasteiger partial charge on any atom is -0.493 e. The largest absolute Gasteiger partial charge is 0.493 e. The summed E-state index contributed by atoms with van der Waals surface area (Å²) < 4.78 is 16.5. The number of rotatable bonds is 9. The second kappa shape index (κ2) is 11.9. The number of hydrogen-bond donors (Lipinski definition) is 2. The van der Waals surface area contributed by atoms with Crippen molar-refractivity contribution < 1.29 is 19.2 Å². The standard InChI is InChI=1S/C25H28N2O3S/c1-4-30-22-13-9-8-12-21(22)27-25(31-18-19-10-6-5-7-11-19)26-17-20-14-15-23(28-2)24(16-20)29-3/h5-16H,4,17-18H2,1-3H3,(H,26,27)/p+1. The third-order valence-corrected chi connectivity index (χ3v) is 5.57. The first kappa shape index (κ1) is 22.6. The molecule has 6 heteroatoms. The van der Waals surface area contributed by atoms with Crippen LogP contribution in [0.4, 0.5) is 5.69 Å². The molecule has 0 fully saturated rings. The molecule has 0 aliphatic heterocycles. The molecule has 0 bridgehead atoms. The normalized spacial score (nSPS) is 11.1. The summed E-state index contributed by atoms with van der Waals surface area (Å²) in [4.78, 5) is 3.53. The van der Waals surface area contributed by atoms with Crippen LogP contribution in [0, 0.1) is 0 Å². The average Bonchev–Trinajstić information content (AvgIpc) is 2.82. The summed E-state index contributed by atoms with van der Waals surface area (Å²) in [7, 11) is 3.29. The van der Waals surface area contributed by atoms with Gasteiger partial charge in [-0.1, -0.05) is 48.5 Å². The molecular weight excluding hydrogens is 408 g/mol. The molecule has 0 heterocycles.